The Bertz CT molecular complexity index is 1410. The maximum Gasteiger partial charge on any atom is 0.256 e. The molecule has 0 aliphatic carbocycles. The number of alkyl halides is 2. The van der Waals surface area contributed by atoms with Crippen LogP contribution >= 0.6 is 0 Å². The van der Waals surface area contributed by atoms with E-state index in [1.165, 1.54) is 9.08 Å². The van der Waals surface area contributed by atoms with Gasteiger partial charge in [-0.25, -0.2) is 27.7 Å². The van der Waals surface area contributed by atoms with Crippen molar-refractivity contribution in [1.29, 1.82) is 0 Å². The summed E-state index contributed by atoms with van der Waals surface area (Å²) in [5, 5.41) is 7.26. The second-order valence-electron chi connectivity index (χ2n) is 8.26. The van der Waals surface area contributed by atoms with Gasteiger partial charge in [0.15, 0.2) is 17.3 Å². The largest absolute Gasteiger partial charge is 0.382 e. The number of nitrogens with one attached hydrogen (secondary N) is 1. The van der Waals surface area contributed by atoms with Gasteiger partial charge in [-0.1, -0.05) is 0 Å². The van der Waals surface area contributed by atoms with Crippen molar-refractivity contribution < 1.29 is 18.0 Å². The van der Waals surface area contributed by atoms with Crippen LogP contribution in [-0.4, -0.2) is 66.0 Å². The second-order valence-corrected chi connectivity index (χ2v) is 8.26. The van der Waals surface area contributed by atoms with E-state index < -0.39 is 24.8 Å². The van der Waals surface area contributed by atoms with Gasteiger partial charge < -0.3 is 20.5 Å². The minimum absolute atomic E-state index is 0.0211. The number of nitrogens with two attached hydrogens (primary N) is 1. The number of piperidine rings is 1. The molecular weight excluding hydrogens is 451 g/mol. The van der Waals surface area contributed by atoms with Crippen LogP contribution in [0.1, 0.15) is 18.7 Å². The Balaban J connectivity index is 1.56. The molecule has 10 nitrogen and oxygen atoms in total. The summed E-state index contributed by atoms with van der Waals surface area (Å²) in [6.45, 7) is 1.71. The van der Waals surface area contributed by atoms with Crippen LogP contribution < -0.4 is 11.1 Å². The highest BCUT2D eigenvalue weighted by molar-refractivity contribution is 5.89. The van der Waals surface area contributed by atoms with Crippen molar-refractivity contribution in [2.45, 2.75) is 38.8 Å². The number of anilines is 2. The Labute approximate surface area is 191 Å². The Morgan fingerprint density at radius 2 is 2.06 bits per heavy atom. The lowest BCUT2D eigenvalue weighted by Gasteiger charge is -2.29. The minimum atomic E-state index is -2.60. The number of likely N-dealkylation sites (N-methyl/N-ethyl adjacent to an activating group) is 1. The lowest BCUT2D eigenvalue weighted by molar-refractivity contribution is -0.132. The number of rotatable bonds is 5. The summed E-state index contributed by atoms with van der Waals surface area (Å²) in [5.41, 5.74) is 7.21. The van der Waals surface area contributed by atoms with Crippen molar-refractivity contribution in [2.75, 3.05) is 24.6 Å². The molecule has 178 valence electrons. The minimum Gasteiger partial charge on any atom is -0.382 e. The number of amides is 1. The molecular formula is C21H22F3N9O. The maximum atomic E-state index is 15.1. The SMILES string of the molecule is Cc1nc2ccc(-c3c(F)cn4nc(NC5CCCN(C)C5=O)nc(N)c34)nc2n1CC(F)F. The standard InChI is InChI=1S/C21H22F3N9O/c1-10-26-13-6-5-12(27-19(13)32(10)9-15(23)24)16-11(22)8-33-17(16)18(25)29-21(30-33)28-14-4-3-7-31(2)20(14)34/h5-6,8,14-15H,3-4,7,9H2,1-2H3,(H3,25,28,29,30). The van der Waals surface area contributed by atoms with E-state index in [4.69, 9.17) is 5.73 Å². The molecule has 0 spiro atoms. The molecule has 1 saturated heterocycles. The Kier molecular flexibility index (Phi) is 5.25. The normalized spacial score (nSPS) is 16.8. The first-order valence-electron chi connectivity index (χ1n) is 10.7. The van der Waals surface area contributed by atoms with Crippen LogP contribution in [0.2, 0.25) is 0 Å². The molecule has 4 aromatic rings. The number of aryl methyl sites for hydroxylation is 1. The molecule has 1 unspecified atom stereocenters. The highest BCUT2D eigenvalue weighted by atomic mass is 19.3. The van der Waals surface area contributed by atoms with E-state index in [9.17, 15) is 13.6 Å². The van der Waals surface area contributed by atoms with Gasteiger partial charge in [-0.15, -0.1) is 5.10 Å². The molecule has 0 bridgehead atoms. The average molecular weight is 473 g/mol. The molecule has 5 rings (SSSR count). The Morgan fingerprint density at radius 3 is 2.82 bits per heavy atom. The van der Waals surface area contributed by atoms with E-state index in [2.05, 4.69) is 25.4 Å². The summed E-state index contributed by atoms with van der Waals surface area (Å²) in [6.07, 6.45) is -0.0170. The topological polar surface area (TPSA) is 119 Å². The summed E-state index contributed by atoms with van der Waals surface area (Å²) in [6, 6.07) is 2.63. The second kappa shape index (κ2) is 8.15. The number of halogens is 3. The van der Waals surface area contributed by atoms with Gasteiger partial charge >= 0.3 is 0 Å². The first-order valence-corrected chi connectivity index (χ1v) is 10.7. The number of pyridine rings is 1. The van der Waals surface area contributed by atoms with Crippen molar-refractivity contribution >= 4 is 34.4 Å². The van der Waals surface area contributed by atoms with Gasteiger partial charge in [0, 0.05) is 13.6 Å². The number of hydrogen-bond donors (Lipinski definition) is 2. The smallest absolute Gasteiger partial charge is 0.256 e. The fourth-order valence-corrected chi connectivity index (χ4v) is 4.32. The van der Waals surface area contributed by atoms with Crippen molar-refractivity contribution in [3.05, 3.63) is 30.0 Å². The van der Waals surface area contributed by atoms with Crippen molar-refractivity contribution in [2.24, 2.45) is 0 Å². The molecule has 4 aromatic heterocycles. The van der Waals surface area contributed by atoms with Crippen molar-refractivity contribution in [1.82, 2.24) is 34.0 Å². The summed E-state index contributed by atoms with van der Waals surface area (Å²) in [4.78, 5) is 26.9. The van der Waals surface area contributed by atoms with E-state index in [0.29, 0.717) is 24.3 Å². The molecule has 3 N–H and O–H groups in total. The number of hydrogen-bond acceptors (Lipinski definition) is 7. The molecule has 1 amide bonds. The highest BCUT2D eigenvalue weighted by Gasteiger charge is 2.28. The quantitative estimate of drug-likeness (QED) is 0.457. The predicted octanol–water partition coefficient (Wildman–Crippen LogP) is 2.47. The van der Waals surface area contributed by atoms with Gasteiger partial charge in [0.05, 0.1) is 24.0 Å². The van der Waals surface area contributed by atoms with Crippen LogP contribution in [0.3, 0.4) is 0 Å². The van der Waals surface area contributed by atoms with Crippen LogP contribution in [0.5, 0.6) is 0 Å². The lowest BCUT2D eigenvalue weighted by atomic mass is 10.1. The number of aromatic nitrogens is 6. The van der Waals surface area contributed by atoms with Crippen LogP contribution in [0.4, 0.5) is 24.9 Å². The van der Waals surface area contributed by atoms with Crippen LogP contribution in [-0.2, 0) is 11.3 Å². The molecule has 0 saturated carbocycles. The van der Waals surface area contributed by atoms with Crippen molar-refractivity contribution in [3.63, 3.8) is 0 Å². The zero-order chi connectivity index (χ0) is 24.1. The van der Waals surface area contributed by atoms with Gasteiger partial charge in [0.25, 0.3) is 6.43 Å². The Hall–Kier alpha value is -3.90. The molecule has 0 aromatic carbocycles. The summed E-state index contributed by atoms with van der Waals surface area (Å²) in [5.74, 6) is -0.290. The molecule has 1 atom stereocenters. The number of likely N-dealkylation sites (tertiary alicyclic amines) is 1. The molecule has 1 fully saturated rings. The molecule has 13 heteroatoms. The molecule has 0 radical (unpaired) electrons. The molecule has 1 aliphatic heterocycles. The van der Waals surface area contributed by atoms with Gasteiger partial charge in [-0.3, -0.25) is 4.79 Å². The molecule has 5 heterocycles. The van der Waals surface area contributed by atoms with Gasteiger partial charge in [0.1, 0.15) is 22.9 Å². The number of imidazole rings is 1. The van der Waals surface area contributed by atoms with E-state index in [0.717, 1.165) is 12.6 Å². The predicted molar refractivity (Wildman–Crippen MR) is 119 cm³/mol. The molecule has 1 aliphatic rings. The molecule has 34 heavy (non-hydrogen) atoms. The van der Waals surface area contributed by atoms with E-state index in [-0.39, 0.29) is 40.1 Å². The third-order valence-corrected chi connectivity index (χ3v) is 5.94. The number of nitrogen functional groups attached to an aromatic ring is 1. The summed E-state index contributed by atoms with van der Waals surface area (Å²) < 4.78 is 43.7. The van der Waals surface area contributed by atoms with Crippen LogP contribution in [0, 0.1) is 12.7 Å². The number of carbonyl (C=O) groups excluding carboxylic acids is 1. The maximum absolute atomic E-state index is 15.1. The highest BCUT2D eigenvalue weighted by Crippen LogP contribution is 2.32. The van der Waals surface area contributed by atoms with E-state index in [1.807, 2.05) is 0 Å². The van der Waals surface area contributed by atoms with E-state index in [1.54, 1.807) is 31.0 Å². The van der Waals surface area contributed by atoms with Crippen LogP contribution in [0.15, 0.2) is 18.3 Å². The Morgan fingerprint density at radius 1 is 1.26 bits per heavy atom. The fraction of sp³-hybridized carbons (Fsp3) is 0.381. The first kappa shape index (κ1) is 21.9. The third kappa shape index (κ3) is 3.66. The van der Waals surface area contributed by atoms with Crippen LogP contribution in [0.25, 0.3) is 27.9 Å². The summed E-state index contributed by atoms with van der Waals surface area (Å²) in [7, 11) is 1.72. The zero-order valence-corrected chi connectivity index (χ0v) is 18.5. The summed E-state index contributed by atoms with van der Waals surface area (Å²) >= 11 is 0. The number of fused-ring (bicyclic) bond motifs is 2. The lowest BCUT2D eigenvalue weighted by Crippen LogP contribution is -2.45. The van der Waals surface area contributed by atoms with Gasteiger partial charge in [-0.2, -0.15) is 4.98 Å². The average Bonchev–Trinajstić information content (AvgIpc) is 3.27. The number of nitrogens with zero attached hydrogens (tertiary/aromatic N) is 7. The van der Waals surface area contributed by atoms with Gasteiger partial charge in [-0.05, 0) is 31.9 Å². The number of carbonyl (C=O) groups is 1. The first-order chi connectivity index (χ1) is 16.2. The van der Waals surface area contributed by atoms with Crippen molar-refractivity contribution in [3.8, 4) is 11.3 Å². The third-order valence-electron chi connectivity index (χ3n) is 5.94. The van der Waals surface area contributed by atoms with Gasteiger partial charge in [0.2, 0.25) is 11.9 Å². The zero-order valence-electron chi connectivity index (χ0n) is 18.5. The fourth-order valence-electron chi connectivity index (χ4n) is 4.32. The monoisotopic (exact) mass is 473 g/mol. The van der Waals surface area contributed by atoms with E-state index >= 15 is 4.39 Å².